The Balaban J connectivity index is 1.94. The smallest absolute Gasteiger partial charge is 0.270 e. The van der Waals surface area contributed by atoms with Gasteiger partial charge in [-0.05, 0) is 12.1 Å². The Kier molecular flexibility index (Phi) is 2.63. The highest BCUT2D eigenvalue weighted by Gasteiger charge is 2.06. The first kappa shape index (κ1) is 9.25. The average molecular weight is 204 g/mol. The Bertz CT molecular complexity index is 426. The first-order valence-electron chi connectivity index (χ1n) is 4.28. The number of hydrogen-bond donors (Lipinski definition) is 2. The van der Waals surface area contributed by atoms with Crippen LogP contribution in [0.3, 0.4) is 0 Å². The fourth-order valence-corrected chi connectivity index (χ4v) is 1.00. The van der Waals surface area contributed by atoms with Gasteiger partial charge in [-0.1, -0.05) is 11.3 Å². The van der Waals surface area contributed by atoms with Crippen LogP contribution < -0.4 is 5.32 Å². The zero-order chi connectivity index (χ0) is 10.5. The Morgan fingerprint density at radius 2 is 2.40 bits per heavy atom. The van der Waals surface area contributed by atoms with Crippen molar-refractivity contribution in [2.75, 3.05) is 0 Å². The number of nitrogens with zero attached hydrogens (tertiary/aromatic N) is 4. The summed E-state index contributed by atoms with van der Waals surface area (Å²) in [7, 11) is 0. The van der Waals surface area contributed by atoms with Crippen molar-refractivity contribution < 1.29 is 4.79 Å². The number of carbonyl (C=O) groups excluding carboxylic acids is 1. The van der Waals surface area contributed by atoms with Gasteiger partial charge in [0, 0.05) is 6.20 Å². The van der Waals surface area contributed by atoms with Crippen LogP contribution in [0.15, 0.2) is 24.4 Å². The summed E-state index contributed by atoms with van der Waals surface area (Å²) in [4.78, 5) is 15.4. The van der Waals surface area contributed by atoms with Crippen molar-refractivity contribution in [3.63, 3.8) is 0 Å². The van der Waals surface area contributed by atoms with Crippen molar-refractivity contribution in [1.29, 1.82) is 0 Å². The van der Waals surface area contributed by atoms with Gasteiger partial charge < -0.3 is 5.32 Å². The third-order valence-corrected chi connectivity index (χ3v) is 1.69. The molecule has 0 aliphatic heterocycles. The van der Waals surface area contributed by atoms with E-state index in [0.717, 1.165) is 0 Å². The molecule has 0 bridgehead atoms. The molecule has 2 heterocycles. The minimum atomic E-state index is -0.264. The van der Waals surface area contributed by atoms with Gasteiger partial charge in [-0.25, -0.2) is 0 Å². The summed E-state index contributed by atoms with van der Waals surface area (Å²) >= 11 is 0. The van der Waals surface area contributed by atoms with Gasteiger partial charge in [-0.15, -0.1) is 10.2 Å². The molecule has 0 radical (unpaired) electrons. The molecule has 0 aliphatic carbocycles. The van der Waals surface area contributed by atoms with E-state index in [1.165, 1.54) is 0 Å². The van der Waals surface area contributed by atoms with Gasteiger partial charge in [0.2, 0.25) is 0 Å². The molecule has 7 nitrogen and oxygen atoms in total. The number of aromatic amines is 1. The van der Waals surface area contributed by atoms with E-state index in [1.807, 2.05) is 0 Å². The molecule has 2 aromatic heterocycles. The minimum absolute atomic E-state index is 0.228. The van der Waals surface area contributed by atoms with E-state index >= 15 is 0 Å². The number of tetrazole rings is 1. The van der Waals surface area contributed by atoms with Crippen molar-refractivity contribution >= 4 is 5.91 Å². The second-order valence-electron chi connectivity index (χ2n) is 2.73. The van der Waals surface area contributed by atoms with Crippen molar-refractivity contribution in [3.8, 4) is 0 Å². The topological polar surface area (TPSA) is 96.5 Å². The lowest BCUT2D eigenvalue weighted by Gasteiger charge is -2.00. The summed E-state index contributed by atoms with van der Waals surface area (Å²) in [6.45, 7) is 0.228. The summed E-state index contributed by atoms with van der Waals surface area (Å²) in [5.41, 5.74) is 0.362. The quantitative estimate of drug-likeness (QED) is 0.704. The number of hydrogen-bond acceptors (Lipinski definition) is 5. The molecule has 0 spiro atoms. The number of H-pyrrole nitrogens is 1. The molecule has 0 fully saturated rings. The summed E-state index contributed by atoms with van der Waals surface area (Å²) in [5, 5.41) is 15.7. The predicted molar refractivity (Wildman–Crippen MR) is 49.6 cm³/mol. The maximum absolute atomic E-state index is 11.5. The molecule has 7 heteroatoms. The molecule has 0 aromatic carbocycles. The standard InChI is InChI=1S/C8H8N6O/c15-8(6-3-1-2-4-9-6)10-5-7-11-13-14-12-7/h1-4H,5H2,(H,10,15)(H,11,12,13,14). The van der Waals surface area contributed by atoms with Crippen LogP contribution in [0.25, 0.3) is 0 Å². The molecule has 76 valence electrons. The van der Waals surface area contributed by atoms with E-state index in [2.05, 4.69) is 30.9 Å². The van der Waals surface area contributed by atoms with E-state index in [1.54, 1.807) is 24.4 Å². The van der Waals surface area contributed by atoms with Crippen molar-refractivity contribution in [1.82, 2.24) is 30.9 Å². The van der Waals surface area contributed by atoms with E-state index in [9.17, 15) is 4.79 Å². The Hall–Kier alpha value is -2.31. The molecular formula is C8H8N6O. The van der Waals surface area contributed by atoms with Crippen LogP contribution in [0, 0.1) is 0 Å². The largest absolute Gasteiger partial charge is 0.343 e. The lowest BCUT2D eigenvalue weighted by Crippen LogP contribution is -2.24. The maximum atomic E-state index is 11.5. The number of nitrogens with one attached hydrogen (secondary N) is 2. The van der Waals surface area contributed by atoms with Crippen LogP contribution in [0.4, 0.5) is 0 Å². The average Bonchev–Trinajstić information content (AvgIpc) is 2.80. The molecule has 0 aliphatic rings. The van der Waals surface area contributed by atoms with Gasteiger partial charge in [0.25, 0.3) is 5.91 Å². The second kappa shape index (κ2) is 4.27. The highest BCUT2D eigenvalue weighted by molar-refractivity contribution is 5.91. The van der Waals surface area contributed by atoms with Crippen molar-refractivity contribution in [2.24, 2.45) is 0 Å². The SMILES string of the molecule is O=C(NCc1nn[nH]n1)c1ccccn1. The van der Waals surface area contributed by atoms with E-state index in [4.69, 9.17) is 0 Å². The van der Waals surface area contributed by atoms with Gasteiger partial charge in [-0.2, -0.15) is 5.21 Å². The van der Waals surface area contributed by atoms with Gasteiger partial charge in [-0.3, -0.25) is 9.78 Å². The normalized spacial score (nSPS) is 9.87. The fraction of sp³-hybridized carbons (Fsp3) is 0.125. The Morgan fingerprint density at radius 1 is 1.47 bits per heavy atom. The van der Waals surface area contributed by atoms with Crippen LogP contribution >= 0.6 is 0 Å². The summed E-state index contributed by atoms with van der Waals surface area (Å²) in [6.07, 6.45) is 1.56. The van der Waals surface area contributed by atoms with Crippen LogP contribution in [-0.2, 0) is 6.54 Å². The molecule has 2 aromatic rings. The number of amides is 1. The summed E-state index contributed by atoms with van der Waals surface area (Å²) < 4.78 is 0. The highest BCUT2D eigenvalue weighted by atomic mass is 16.1. The molecule has 0 atom stereocenters. The number of pyridine rings is 1. The Morgan fingerprint density at radius 3 is 3.07 bits per heavy atom. The molecule has 2 N–H and O–H groups in total. The zero-order valence-electron chi connectivity index (χ0n) is 7.71. The molecule has 0 unspecified atom stereocenters. The molecule has 15 heavy (non-hydrogen) atoms. The first-order chi connectivity index (χ1) is 7.36. The number of aromatic nitrogens is 5. The fourth-order valence-electron chi connectivity index (χ4n) is 1.00. The van der Waals surface area contributed by atoms with E-state index < -0.39 is 0 Å². The maximum Gasteiger partial charge on any atom is 0.270 e. The van der Waals surface area contributed by atoms with E-state index in [0.29, 0.717) is 11.5 Å². The Labute approximate surface area is 84.9 Å². The van der Waals surface area contributed by atoms with Gasteiger partial charge in [0.15, 0.2) is 5.82 Å². The molecule has 0 saturated heterocycles. The lowest BCUT2D eigenvalue weighted by atomic mass is 10.3. The number of carbonyl (C=O) groups is 1. The monoisotopic (exact) mass is 204 g/mol. The van der Waals surface area contributed by atoms with Gasteiger partial charge in [0.1, 0.15) is 5.69 Å². The molecular weight excluding hydrogens is 196 g/mol. The second-order valence-corrected chi connectivity index (χ2v) is 2.73. The van der Waals surface area contributed by atoms with Gasteiger partial charge >= 0.3 is 0 Å². The van der Waals surface area contributed by atoms with E-state index in [-0.39, 0.29) is 12.5 Å². The molecule has 2 rings (SSSR count). The highest BCUT2D eigenvalue weighted by Crippen LogP contribution is 1.93. The van der Waals surface area contributed by atoms with Crippen molar-refractivity contribution in [2.45, 2.75) is 6.54 Å². The molecule has 1 amide bonds. The van der Waals surface area contributed by atoms with Crippen LogP contribution in [0.1, 0.15) is 16.3 Å². The minimum Gasteiger partial charge on any atom is -0.343 e. The van der Waals surface area contributed by atoms with Crippen LogP contribution in [-0.4, -0.2) is 31.5 Å². The van der Waals surface area contributed by atoms with Crippen LogP contribution in [0.5, 0.6) is 0 Å². The summed E-state index contributed by atoms with van der Waals surface area (Å²) in [5.74, 6) is 0.166. The zero-order valence-corrected chi connectivity index (χ0v) is 7.71. The number of rotatable bonds is 3. The van der Waals surface area contributed by atoms with Gasteiger partial charge in [0.05, 0.1) is 6.54 Å². The predicted octanol–water partition coefficient (Wildman–Crippen LogP) is -0.475. The third kappa shape index (κ3) is 2.33. The summed E-state index contributed by atoms with van der Waals surface area (Å²) in [6, 6.07) is 5.12. The van der Waals surface area contributed by atoms with Crippen molar-refractivity contribution in [3.05, 3.63) is 35.9 Å². The van der Waals surface area contributed by atoms with Crippen LogP contribution in [0.2, 0.25) is 0 Å². The lowest BCUT2D eigenvalue weighted by molar-refractivity contribution is 0.0945. The first-order valence-corrected chi connectivity index (χ1v) is 4.28. The third-order valence-electron chi connectivity index (χ3n) is 1.69. The molecule has 0 saturated carbocycles.